The Kier molecular flexibility index (Phi) is 3.09. The molecule has 0 atom stereocenters. The van der Waals surface area contributed by atoms with Crippen molar-refractivity contribution in [3.63, 3.8) is 0 Å². The summed E-state index contributed by atoms with van der Waals surface area (Å²) in [5, 5.41) is 0. The number of carbonyl (C=O) groups is 1. The minimum atomic E-state index is 0.0187. The van der Waals surface area contributed by atoms with E-state index in [0.29, 0.717) is 6.42 Å². The van der Waals surface area contributed by atoms with E-state index >= 15 is 0 Å². The molecule has 0 spiro atoms. The molecule has 0 aromatic heterocycles. The van der Waals surface area contributed by atoms with Crippen molar-refractivity contribution in [2.75, 3.05) is 12.3 Å². The number of anilines is 1. The molecule has 92 valence electrons. The van der Waals surface area contributed by atoms with Crippen LogP contribution in [0.1, 0.15) is 32.3 Å². The number of nitrogens with two attached hydrogens (primary N) is 1. The maximum atomic E-state index is 12.2. The number of carbonyl (C=O) groups excluding carboxylic acids is 1. The Morgan fingerprint density at radius 1 is 1.35 bits per heavy atom. The second kappa shape index (κ2) is 4.40. The average Bonchev–Trinajstić information content (AvgIpc) is 2.61. The number of likely N-dealkylation sites (tertiary alicyclic amines) is 1. The van der Waals surface area contributed by atoms with E-state index in [4.69, 9.17) is 5.73 Å². The molecule has 0 aliphatic carbocycles. The first-order valence-corrected chi connectivity index (χ1v) is 6.14. The molecule has 1 aliphatic rings. The molecular weight excluding hydrogens is 212 g/mol. The number of rotatable bonds is 2. The van der Waals surface area contributed by atoms with Gasteiger partial charge in [0.2, 0.25) is 5.91 Å². The second-order valence-corrected chi connectivity index (χ2v) is 5.38. The van der Waals surface area contributed by atoms with Gasteiger partial charge in [0.1, 0.15) is 0 Å². The summed E-state index contributed by atoms with van der Waals surface area (Å²) in [5.74, 6) is 0.220. The van der Waals surface area contributed by atoms with E-state index in [1.807, 2.05) is 29.2 Å². The monoisotopic (exact) mass is 232 g/mol. The number of hydrogen-bond acceptors (Lipinski definition) is 2. The predicted molar refractivity (Wildman–Crippen MR) is 69.6 cm³/mol. The molecular formula is C14H20N2O. The molecule has 17 heavy (non-hydrogen) atoms. The van der Waals surface area contributed by atoms with Crippen LogP contribution in [0.2, 0.25) is 0 Å². The summed E-state index contributed by atoms with van der Waals surface area (Å²) in [7, 11) is 0. The fraction of sp³-hybridized carbons (Fsp3) is 0.500. The molecule has 3 nitrogen and oxygen atoms in total. The average molecular weight is 232 g/mol. The van der Waals surface area contributed by atoms with Gasteiger partial charge < -0.3 is 10.6 Å². The number of hydrogen-bond donors (Lipinski definition) is 1. The third-order valence-electron chi connectivity index (χ3n) is 3.54. The van der Waals surface area contributed by atoms with Crippen LogP contribution in [0.25, 0.3) is 0 Å². The Hall–Kier alpha value is -1.51. The van der Waals surface area contributed by atoms with E-state index in [9.17, 15) is 4.79 Å². The highest BCUT2D eigenvalue weighted by molar-refractivity contribution is 5.80. The first kappa shape index (κ1) is 12.0. The van der Waals surface area contributed by atoms with E-state index in [2.05, 4.69) is 13.8 Å². The fourth-order valence-corrected chi connectivity index (χ4v) is 2.48. The van der Waals surface area contributed by atoms with Gasteiger partial charge in [-0.3, -0.25) is 4.79 Å². The van der Waals surface area contributed by atoms with Gasteiger partial charge in [0.05, 0.1) is 6.42 Å². The summed E-state index contributed by atoms with van der Waals surface area (Å²) in [4.78, 5) is 14.2. The van der Waals surface area contributed by atoms with Crippen LogP contribution in [0.4, 0.5) is 5.69 Å². The Balaban J connectivity index is 2.04. The van der Waals surface area contributed by atoms with Gasteiger partial charge in [0.15, 0.2) is 0 Å². The Morgan fingerprint density at radius 2 is 2.00 bits per heavy atom. The summed E-state index contributed by atoms with van der Waals surface area (Å²) in [5.41, 5.74) is 7.42. The molecule has 1 fully saturated rings. The summed E-state index contributed by atoms with van der Waals surface area (Å²) >= 11 is 0. The van der Waals surface area contributed by atoms with Crippen LogP contribution in [0, 0.1) is 0 Å². The van der Waals surface area contributed by atoms with Crippen LogP contribution < -0.4 is 5.73 Å². The maximum absolute atomic E-state index is 12.2. The minimum absolute atomic E-state index is 0.0187. The third-order valence-corrected chi connectivity index (χ3v) is 3.54. The van der Waals surface area contributed by atoms with Gasteiger partial charge in [-0.25, -0.2) is 0 Å². The van der Waals surface area contributed by atoms with Gasteiger partial charge in [-0.2, -0.15) is 0 Å². The zero-order valence-corrected chi connectivity index (χ0v) is 10.6. The first-order chi connectivity index (χ1) is 7.99. The van der Waals surface area contributed by atoms with E-state index in [1.54, 1.807) is 0 Å². The molecule has 2 N–H and O–H groups in total. The number of amides is 1. The molecule has 0 bridgehead atoms. The highest BCUT2D eigenvalue weighted by atomic mass is 16.2. The standard InChI is InChI=1S/C14H20N2O/c1-14(2)8-3-9-16(14)13(17)10-11-4-6-12(15)7-5-11/h4-7H,3,8-10,15H2,1-2H3. The first-order valence-electron chi connectivity index (χ1n) is 6.14. The van der Waals surface area contributed by atoms with Crippen molar-refractivity contribution in [1.29, 1.82) is 0 Å². The van der Waals surface area contributed by atoms with Crippen molar-refractivity contribution >= 4 is 11.6 Å². The van der Waals surface area contributed by atoms with Crippen molar-refractivity contribution in [2.45, 2.75) is 38.6 Å². The topological polar surface area (TPSA) is 46.3 Å². The summed E-state index contributed by atoms with van der Waals surface area (Å²) in [6.07, 6.45) is 2.69. The highest BCUT2D eigenvalue weighted by Crippen LogP contribution is 2.28. The van der Waals surface area contributed by atoms with Gasteiger partial charge in [0, 0.05) is 17.8 Å². The predicted octanol–water partition coefficient (Wildman–Crippen LogP) is 2.21. The summed E-state index contributed by atoms with van der Waals surface area (Å²) in [6, 6.07) is 7.54. The van der Waals surface area contributed by atoms with Gasteiger partial charge in [0.25, 0.3) is 0 Å². The van der Waals surface area contributed by atoms with E-state index in [-0.39, 0.29) is 11.4 Å². The van der Waals surface area contributed by atoms with Gasteiger partial charge in [-0.05, 0) is 44.4 Å². The van der Waals surface area contributed by atoms with E-state index in [1.165, 1.54) is 0 Å². The van der Waals surface area contributed by atoms with Crippen LogP contribution in [0.15, 0.2) is 24.3 Å². The molecule has 1 aliphatic heterocycles. The lowest BCUT2D eigenvalue weighted by atomic mass is 10.0. The number of nitrogens with zero attached hydrogens (tertiary/aromatic N) is 1. The largest absolute Gasteiger partial charge is 0.399 e. The Morgan fingerprint density at radius 3 is 2.53 bits per heavy atom. The number of benzene rings is 1. The van der Waals surface area contributed by atoms with Crippen LogP contribution in [-0.2, 0) is 11.2 Å². The quantitative estimate of drug-likeness (QED) is 0.795. The van der Waals surface area contributed by atoms with Crippen molar-refractivity contribution < 1.29 is 4.79 Å². The fourth-order valence-electron chi connectivity index (χ4n) is 2.48. The van der Waals surface area contributed by atoms with Gasteiger partial charge >= 0.3 is 0 Å². The van der Waals surface area contributed by atoms with Crippen molar-refractivity contribution in [3.05, 3.63) is 29.8 Å². The van der Waals surface area contributed by atoms with Gasteiger partial charge in [-0.1, -0.05) is 12.1 Å². The van der Waals surface area contributed by atoms with Gasteiger partial charge in [-0.15, -0.1) is 0 Å². The molecule has 0 radical (unpaired) electrons. The summed E-state index contributed by atoms with van der Waals surface area (Å²) < 4.78 is 0. The van der Waals surface area contributed by atoms with Crippen LogP contribution in [0.3, 0.4) is 0 Å². The molecule has 1 aromatic carbocycles. The van der Waals surface area contributed by atoms with Crippen LogP contribution in [-0.4, -0.2) is 22.9 Å². The van der Waals surface area contributed by atoms with Crippen LogP contribution in [0.5, 0.6) is 0 Å². The number of nitrogen functional groups attached to an aromatic ring is 1. The molecule has 0 saturated carbocycles. The van der Waals surface area contributed by atoms with Crippen LogP contribution >= 0.6 is 0 Å². The normalized spacial score (nSPS) is 18.4. The Labute approximate surface area is 103 Å². The molecule has 0 unspecified atom stereocenters. The molecule has 1 amide bonds. The Bertz CT molecular complexity index is 409. The van der Waals surface area contributed by atoms with E-state index < -0.39 is 0 Å². The van der Waals surface area contributed by atoms with E-state index in [0.717, 1.165) is 30.6 Å². The lowest BCUT2D eigenvalue weighted by Crippen LogP contribution is -2.43. The minimum Gasteiger partial charge on any atom is -0.399 e. The van der Waals surface area contributed by atoms with Crippen molar-refractivity contribution in [2.24, 2.45) is 0 Å². The van der Waals surface area contributed by atoms with Crippen molar-refractivity contribution in [3.8, 4) is 0 Å². The third kappa shape index (κ3) is 2.60. The second-order valence-electron chi connectivity index (χ2n) is 5.38. The molecule has 1 aromatic rings. The smallest absolute Gasteiger partial charge is 0.227 e. The SMILES string of the molecule is CC1(C)CCCN1C(=O)Cc1ccc(N)cc1. The molecule has 1 heterocycles. The lowest BCUT2D eigenvalue weighted by Gasteiger charge is -2.31. The zero-order chi connectivity index (χ0) is 12.5. The molecule has 2 rings (SSSR count). The molecule has 1 saturated heterocycles. The highest BCUT2D eigenvalue weighted by Gasteiger charge is 2.34. The summed E-state index contributed by atoms with van der Waals surface area (Å²) in [6.45, 7) is 5.17. The lowest BCUT2D eigenvalue weighted by molar-refractivity contribution is -0.133. The zero-order valence-electron chi connectivity index (χ0n) is 10.6. The van der Waals surface area contributed by atoms with Crippen molar-refractivity contribution in [1.82, 2.24) is 4.90 Å². The maximum Gasteiger partial charge on any atom is 0.227 e. The molecule has 3 heteroatoms.